The van der Waals surface area contributed by atoms with E-state index in [9.17, 15) is 28.0 Å². The van der Waals surface area contributed by atoms with Crippen LogP contribution in [0.5, 0.6) is 0 Å². The van der Waals surface area contributed by atoms with Crippen LogP contribution in [0.3, 0.4) is 0 Å². The number of halogens is 4. The highest BCUT2D eigenvalue weighted by atomic mass is 35.5. The van der Waals surface area contributed by atoms with E-state index in [-0.39, 0.29) is 35.0 Å². The van der Waals surface area contributed by atoms with Crippen molar-refractivity contribution in [2.45, 2.75) is 7.43 Å². The number of esters is 2. The fourth-order valence-electron chi connectivity index (χ4n) is 3.61. The molecular formula is C29H20Cl2F2N2O5. The second-order valence-electron chi connectivity index (χ2n) is 7.98. The Bertz CT molecular complexity index is 1580. The number of imide groups is 1. The Morgan fingerprint density at radius 1 is 0.625 bits per heavy atom. The van der Waals surface area contributed by atoms with Crippen molar-refractivity contribution in [3.8, 4) is 0 Å². The third kappa shape index (κ3) is 6.17. The lowest BCUT2D eigenvalue weighted by Crippen LogP contribution is -2.30. The largest absolute Gasteiger partial charge is 0.396 e. The molecule has 0 saturated carbocycles. The minimum atomic E-state index is -0.706. The Morgan fingerprint density at radius 3 is 1.48 bits per heavy atom. The van der Waals surface area contributed by atoms with Crippen molar-refractivity contribution in [2.24, 2.45) is 0 Å². The van der Waals surface area contributed by atoms with Crippen molar-refractivity contribution in [1.29, 1.82) is 0 Å². The monoisotopic (exact) mass is 584 g/mol. The van der Waals surface area contributed by atoms with Gasteiger partial charge in [-0.2, -0.15) is 0 Å². The van der Waals surface area contributed by atoms with E-state index >= 15 is 0 Å². The number of hydrogen-bond donors (Lipinski definition) is 1. The van der Waals surface area contributed by atoms with Gasteiger partial charge in [0.1, 0.15) is 11.6 Å². The van der Waals surface area contributed by atoms with Crippen LogP contribution in [-0.2, 0) is 4.74 Å². The first-order chi connectivity index (χ1) is 18.6. The van der Waals surface area contributed by atoms with E-state index in [2.05, 4.69) is 4.74 Å². The molecule has 11 heteroatoms. The van der Waals surface area contributed by atoms with Gasteiger partial charge in [-0.3, -0.25) is 9.59 Å². The number of hydrogen-bond acceptors (Lipinski definition) is 6. The summed E-state index contributed by atoms with van der Waals surface area (Å²) in [6.45, 7) is 0. The van der Waals surface area contributed by atoms with Gasteiger partial charge >= 0.3 is 11.9 Å². The number of nitrogens with zero attached hydrogens (tertiary/aromatic N) is 1. The number of nitrogen functional groups attached to an aromatic ring is 1. The Balaban J connectivity index is 0.000000179. The maximum atomic E-state index is 13.8. The van der Waals surface area contributed by atoms with E-state index in [0.29, 0.717) is 16.1 Å². The van der Waals surface area contributed by atoms with E-state index in [4.69, 9.17) is 28.9 Å². The standard InChI is InChI=1S/C14H7ClFNO2.C8H4O3.C6H5ClFN.CH4/c15-8-5-6-12(11(16)7-8)17-13(18)9-3-1-2-4-10(9)14(17)19;9-7-5-3-1-2-4-6(5)8(10)11-7;7-4-1-2-6(9)5(8)3-4;/h1-7H;1-4H;1-3H,9H2;1H4. The summed E-state index contributed by atoms with van der Waals surface area (Å²) in [4.78, 5) is 46.8. The molecule has 0 spiro atoms. The van der Waals surface area contributed by atoms with Crippen LogP contribution < -0.4 is 10.6 Å². The highest BCUT2D eigenvalue weighted by molar-refractivity contribution is 6.35. The van der Waals surface area contributed by atoms with Gasteiger partial charge in [-0.25, -0.2) is 23.3 Å². The van der Waals surface area contributed by atoms with Crippen molar-refractivity contribution >= 4 is 58.3 Å². The van der Waals surface area contributed by atoms with Crippen molar-refractivity contribution < 1.29 is 32.7 Å². The number of benzene rings is 4. The topological polar surface area (TPSA) is 107 Å². The molecule has 0 saturated heterocycles. The molecule has 4 aromatic rings. The average molecular weight is 585 g/mol. The summed E-state index contributed by atoms with van der Waals surface area (Å²) in [5.41, 5.74) is 6.47. The van der Waals surface area contributed by atoms with Crippen molar-refractivity contribution in [1.82, 2.24) is 0 Å². The number of carbonyl (C=O) groups is 4. The molecule has 0 bridgehead atoms. The molecule has 2 aliphatic heterocycles. The van der Waals surface area contributed by atoms with Crippen molar-refractivity contribution in [2.75, 3.05) is 10.6 Å². The van der Waals surface area contributed by atoms with Crippen LogP contribution in [0.4, 0.5) is 20.2 Å². The van der Waals surface area contributed by atoms with Crippen LogP contribution >= 0.6 is 23.2 Å². The number of carbonyl (C=O) groups excluding carboxylic acids is 4. The molecule has 40 heavy (non-hydrogen) atoms. The SMILES string of the molecule is C.Nc1ccc(Cl)cc1F.O=C1OC(=O)c2ccccc21.O=C1c2ccccc2C(=O)N1c1ccc(Cl)cc1F. The van der Waals surface area contributed by atoms with Gasteiger partial charge in [0.15, 0.2) is 0 Å². The number of anilines is 2. The van der Waals surface area contributed by atoms with Crippen LogP contribution in [0, 0.1) is 11.6 Å². The first-order valence-corrected chi connectivity index (χ1v) is 11.8. The number of ether oxygens (including phenoxy) is 1. The van der Waals surface area contributed by atoms with E-state index in [1.165, 1.54) is 24.3 Å². The Labute approximate surface area is 237 Å². The van der Waals surface area contributed by atoms with E-state index in [0.717, 1.165) is 11.0 Å². The highest BCUT2D eigenvalue weighted by Crippen LogP contribution is 2.31. The van der Waals surface area contributed by atoms with Gasteiger partial charge in [0.25, 0.3) is 11.8 Å². The lowest BCUT2D eigenvalue weighted by molar-refractivity contribution is 0.0443. The van der Waals surface area contributed by atoms with Crippen LogP contribution in [-0.4, -0.2) is 23.8 Å². The lowest BCUT2D eigenvalue weighted by atomic mass is 10.1. The van der Waals surface area contributed by atoms with Crippen molar-refractivity contribution in [3.05, 3.63) is 129 Å². The summed E-state index contributed by atoms with van der Waals surface area (Å²) < 4.78 is 30.6. The van der Waals surface area contributed by atoms with Gasteiger partial charge in [-0.05, 0) is 60.7 Å². The summed E-state index contributed by atoms with van der Waals surface area (Å²) in [7, 11) is 0. The van der Waals surface area contributed by atoms with Gasteiger partial charge in [0.05, 0.1) is 33.6 Å². The second-order valence-corrected chi connectivity index (χ2v) is 8.85. The molecule has 0 aromatic heterocycles. The zero-order valence-corrected chi connectivity index (χ0v) is 21.2. The molecule has 0 fully saturated rings. The Hall–Kier alpha value is -4.60. The molecular weight excluding hydrogens is 565 g/mol. The van der Waals surface area contributed by atoms with Crippen LogP contribution in [0.15, 0.2) is 84.9 Å². The van der Waals surface area contributed by atoms with Gasteiger partial charge in [-0.1, -0.05) is 54.9 Å². The molecule has 0 unspecified atom stereocenters. The van der Waals surface area contributed by atoms with Crippen LogP contribution in [0.2, 0.25) is 10.0 Å². The van der Waals surface area contributed by atoms with Gasteiger partial charge in [0, 0.05) is 10.0 Å². The van der Waals surface area contributed by atoms with Gasteiger partial charge in [0.2, 0.25) is 0 Å². The third-order valence-electron chi connectivity index (χ3n) is 5.46. The Morgan fingerprint density at radius 2 is 1.05 bits per heavy atom. The van der Waals surface area contributed by atoms with Gasteiger partial charge < -0.3 is 10.5 Å². The fourth-order valence-corrected chi connectivity index (χ4v) is 3.92. The molecule has 2 amide bonds. The quantitative estimate of drug-likeness (QED) is 0.112. The molecule has 4 aromatic carbocycles. The zero-order valence-electron chi connectivity index (χ0n) is 19.7. The molecule has 6 rings (SSSR count). The van der Waals surface area contributed by atoms with Gasteiger partial charge in [-0.15, -0.1) is 0 Å². The summed E-state index contributed by atoms with van der Waals surface area (Å²) in [6, 6.07) is 20.9. The van der Waals surface area contributed by atoms with E-state index in [1.54, 1.807) is 54.6 Å². The van der Waals surface area contributed by atoms with Crippen LogP contribution in [0.1, 0.15) is 48.9 Å². The predicted molar refractivity (Wildman–Crippen MR) is 148 cm³/mol. The summed E-state index contributed by atoms with van der Waals surface area (Å²) in [6.07, 6.45) is 0. The zero-order chi connectivity index (χ0) is 28.3. The summed E-state index contributed by atoms with van der Waals surface area (Å²) >= 11 is 11.1. The highest BCUT2D eigenvalue weighted by Gasteiger charge is 2.37. The second kappa shape index (κ2) is 12.5. The minimum Gasteiger partial charge on any atom is -0.396 e. The molecule has 0 atom stereocenters. The summed E-state index contributed by atoms with van der Waals surface area (Å²) in [5.74, 6) is -3.33. The molecule has 2 heterocycles. The number of nitrogens with two attached hydrogens (primary N) is 1. The van der Waals surface area contributed by atoms with E-state index in [1.807, 2.05) is 0 Å². The molecule has 7 nitrogen and oxygen atoms in total. The fraction of sp³-hybridized carbons (Fsp3) is 0.0345. The number of rotatable bonds is 1. The maximum absolute atomic E-state index is 13.8. The maximum Gasteiger partial charge on any atom is 0.346 e. The number of fused-ring (bicyclic) bond motifs is 2. The molecule has 0 aliphatic carbocycles. The van der Waals surface area contributed by atoms with Crippen LogP contribution in [0.25, 0.3) is 0 Å². The molecule has 2 aliphatic rings. The molecule has 0 radical (unpaired) electrons. The van der Waals surface area contributed by atoms with Crippen molar-refractivity contribution in [3.63, 3.8) is 0 Å². The summed E-state index contributed by atoms with van der Waals surface area (Å²) in [5, 5.41) is 0.569. The number of cyclic esters (lactones) is 2. The normalized spacial score (nSPS) is 12.8. The first-order valence-electron chi connectivity index (χ1n) is 11.1. The predicted octanol–water partition coefficient (Wildman–Crippen LogP) is 6.97. The first kappa shape index (κ1) is 29.9. The molecule has 2 N–H and O–H groups in total. The molecule has 204 valence electrons. The lowest BCUT2D eigenvalue weighted by Gasteiger charge is -2.14. The Kier molecular flexibility index (Phi) is 9.36. The smallest absolute Gasteiger partial charge is 0.346 e. The third-order valence-corrected chi connectivity index (χ3v) is 5.93. The number of amides is 2. The van der Waals surface area contributed by atoms with E-state index < -0.39 is 35.4 Å². The minimum absolute atomic E-state index is 0. The average Bonchev–Trinajstić information content (AvgIpc) is 3.35.